The van der Waals surface area contributed by atoms with Gasteiger partial charge in [-0.05, 0) is 31.2 Å². The van der Waals surface area contributed by atoms with Crippen molar-refractivity contribution >= 4 is 23.1 Å². The largest absolute Gasteiger partial charge is 0.462 e. The van der Waals surface area contributed by atoms with Crippen molar-refractivity contribution < 1.29 is 9.53 Å². The van der Waals surface area contributed by atoms with E-state index in [4.69, 9.17) is 16.3 Å². The van der Waals surface area contributed by atoms with Crippen LogP contribution in [0.3, 0.4) is 0 Å². The van der Waals surface area contributed by atoms with Crippen LogP contribution in [0.4, 0.5) is 0 Å². The molecule has 0 aliphatic heterocycles. The van der Waals surface area contributed by atoms with Crippen molar-refractivity contribution in [1.29, 1.82) is 0 Å². The van der Waals surface area contributed by atoms with Crippen molar-refractivity contribution in [2.75, 3.05) is 6.61 Å². The summed E-state index contributed by atoms with van der Waals surface area (Å²) in [6, 6.07) is 12.8. The first-order valence-corrected chi connectivity index (χ1v) is 6.99. The summed E-state index contributed by atoms with van der Waals surface area (Å²) in [5.74, 6) is -0.372. The Labute approximate surface area is 126 Å². The number of aromatic nitrogens is 2. The van der Waals surface area contributed by atoms with Gasteiger partial charge in [0.15, 0.2) is 0 Å². The van der Waals surface area contributed by atoms with Crippen LogP contribution in [0.15, 0.2) is 48.7 Å². The summed E-state index contributed by atoms with van der Waals surface area (Å²) >= 11 is 5.91. The van der Waals surface area contributed by atoms with Crippen LogP contribution >= 0.6 is 11.6 Å². The highest BCUT2D eigenvalue weighted by Gasteiger charge is 2.21. The van der Waals surface area contributed by atoms with E-state index in [-0.39, 0.29) is 5.97 Å². The SMILES string of the molecule is CCOC(=O)c1c(-c2ccc(Cl)cc2)nn2ccccc12. The first-order valence-electron chi connectivity index (χ1n) is 6.61. The smallest absolute Gasteiger partial charge is 0.342 e. The number of esters is 1. The van der Waals surface area contributed by atoms with E-state index < -0.39 is 0 Å². The van der Waals surface area contributed by atoms with Gasteiger partial charge in [0, 0.05) is 16.8 Å². The molecule has 0 fully saturated rings. The van der Waals surface area contributed by atoms with Gasteiger partial charge in [0.2, 0.25) is 0 Å². The number of benzene rings is 1. The molecule has 1 aromatic carbocycles. The molecule has 0 amide bonds. The van der Waals surface area contributed by atoms with Gasteiger partial charge >= 0.3 is 5.97 Å². The van der Waals surface area contributed by atoms with Gasteiger partial charge in [-0.3, -0.25) is 0 Å². The van der Waals surface area contributed by atoms with Gasteiger partial charge in [-0.2, -0.15) is 5.10 Å². The van der Waals surface area contributed by atoms with Gasteiger partial charge < -0.3 is 4.74 Å². The number of halogens is 1. The average molecular weight is 301 g/mol. The van der Waals surface area contributed by atoms with Gasteiger partial charge in [-0.15, -0.1) is 0 Å². The minimum Gasteiger partial charge on any atom is -0.462 e. The minimum absolute atomic E-state index is 0.322. The van der Waals surface area contributed by atoms with E-state index in [1.807, 2.05) is 30.3 Å². The van der Waals surface area contributed by atoms with E-state index in [1.165, 1.54) is 0 Å². The number of hydrogen-bond acceptors (Lipinski definition) is 3. The third kappa shape index (κ3) is 2.50. The molecule has 3 rings (SSSR count). The summed E-state index contributed by atoms with van der Waals surface area (Å²) in [5, 5.41) is 5.13. The highest BCUT2D eigenvalue weighted by molar-refractivity contribution is 6.30. The standard InChI is InChI=1S/C16H13ClN2O2/c1-2-21-16(20)14-13-5-3-4-10-19(13)18-15(14)11-6-8-12(17)9-7-11/h3-10H,2H2,1H3. The van der Waals surface area contributed by atoms with E-state index in [0.717, 1.165) is 11.1 Å². The summed E-state index contributed by atoms with van der Waals surface area (Å²) < 4.78 is 6.84. The molecule has 2 heterocycles. The number of hydrogen-bond donors (Lipinski definition) is 0. The fourth-order valence-electron chi connectivity index (χ4n) is 2.21. The number of rotatable bonds is 3. The van der Waals surface area contributed by atoms with Crippen LogP contribution in [0.25, 0.3) is 16.8 Å². The Hall–Kier alpha value is -2.33. The second-order valence-corrected chi connectivity index (χ2v) is 4.92. The van der Waals surface area contributed by atoms with Crippen molar-refractivity contribution in [3.8, 4) is 11.3 Å². The van der Waals surface area contributed by atoms with Crippen molar-refractivity contribution in [3.05, 3.63) is 59.2 Å². The molecule has 0 unspecified atom stereocenters. The lowest BCUT2D eigenvalue weighted by Gasteiger charge is -2.03. The highest BCUT2D eigenvalue weighted by atomic mass is 35.5. The summed E-state index contributed by atoms with van der Waals surface area (Å²) in [7, 11) is 0. The quantitative estimate of drug-likeness (QED) is 0.690. The highest BCUT2D eigenvalue weighted by Crippen LogP contribution is 2.27. The lowest BCUT2D eigenvalue weighted by molar-refractivity contribution is 0.0529. The number of ether oxygens (including phenoxy) is 1. The van der Waals surface area contributed by atoms with Crippen LogP contribution < -0.4 is 0 Å². The molecule has 0 saturated carbocycles. The molecule has 0 saturated heterocycles. The first-order chi connectivity index (χ1) is 10.2. The molecule has 0 radical (unpaired) electrons. The topological polar surface area (TPSA) is 43.6 Å². The fraction of sp³-hybridized carbons (Fsp3) is 0.125. The van der Waals surface area contributed by atoms with Crippen LogP contribution in [0.5, 0.6) is 0 Å². The van der Waals surface area contributed by atoms with Crippen LogP contribution in [-0.4, -0.2) is 22.2 Å². The maximum absolute atomic E-state index is 12.3. The van der Waals surface area contributed by atoms with Gasteiger partial charge in [-0.1, -0.05) is 29.8 Å². The molecule has 5 heteroatoms. The monoisotopic (exact) mass is 300 g/mol. The molecule has 4 nitrogen and oxygen atoms in total. The lowest BCUT2D eigenvalue weighted by Crippen LogP contribution is -2.05. The lowest BCUT2D eigenvalue weighted by atomic mass is 10.1. The molecular weight excluding hydrogens is 288 g/mol. The Morgan fingerprint density at radius 1 is 1.24 bits per heavy atom. The zero-order valence-electron chi connectivity index (χ0n) is 11.4. The van der Waals surface area contributed by atoms with Gasteiger partial charge in [0.25, 0.3) is 0 Å². The van der Waals surface area contributed by atoms with Gasteiger partial charge in [-0.25, -0.2) is 9.31 Å². The Morgan fingerprint density at radius 2 is 2.00 bits per heavy atom. The van der Waals surface area contributed by atoms with Crippen molar-refractivity contribution in [1.82, 2.24) is 9.61 Å². The molecule has 21 heavy (non-hydrogen) atoms. The summed E-state index contributed by atoms with van der Waals surface area (Å²) in [6.45, 7) is 2.11. The van der Waals surface area contributed by atoms with E-state index in [9.17, 15) is 4.79 Å². The molecule has 0 atom stereocenters. The number of nitrogens with zero attached hydrogens (tertiary/aromatic N) is 2. The minimum atomic E-state index is -0.372. The number of fused-ring (bicyclic) bond motifs is 1. The Balaban J connectivity index is 2.23. The van der Waals surface area contributed by atoms with Crippen LogP contribution in [0, 0.1) is 0 Å². The second kappa shape index (κ2) is 5.58. The molecule has 0 aliphatic rings. The van der Waals surface area contributed by atoms with E-state index >= 15 is 0 Å². The molecule has 3 aromatic rings. The van der Waals surface area contributed by atoms with E-state index in [0.29, 0.717) is 22.9 Å². The predicted molar refractivity (Wildman–Crippen MR) is 81.6 cm³/mol. The normalized spacial score (nSPS) is 10.8. The fourth-order valence-corrected chi connectivity index (χ4v) is 2.34. The number of carbonyl (C=O) groups excluding carboxylic acids is 1. The third-order valence-corrected chi connectivity index (χ3v) is 3.39. The molecule has 0 aliphatic carbocycles. The van der Waals surface area contributed by atoms with Crippen LogP contribution in [-0.2, 0) is 4.74 Å². The summed E-state index contributed by atoms with van der Waals surface area (Å²) in [5.41, 5.74) is 2.61. The third-order valence-electron chi connectivity index (χ3n) is 3.14. The maximum atomic E-state index is 12.3. The Morgan fingerprint density at radius 3 is 2.71 bits per heavy atom. The van der Waals surface area contributed by atoms with Gasteiger partial charge in [0.05, 0.1) is 12.1 Å². The van der Waals surface area contributed by atoms with Crippen LogP contribution in [0.2, 0.25) is 5.02 Å². The van der Waals surface area contributed by atoms with Crippen molar-refractivity contribution in [2.24, 2.45) is 0 Å². The summed E-state index contributed by atoms with van der Waals surface area (Å²) in [6.07, 6.45) is 1.80. The van der Waals surface area contributed by atoms with Crippen LogP contribution in [0.1, 0.15) is 17.3 Å². The van der Waals surface area contributed by atoms with Crippen molar-refractivity contribution in [2.45, 2.75) is 6.92 Å². The molecule has 106 valence electrons. The predicted octanol–water partition coefficient (Wildman–Crippen LogP) is 3.83. The zero-order valence-corrected chi connectivity index (χ0v) is 12.2. The first kappa shape index (κ1) is 13.6. The Bertz CT molecular complexity index is 794. The van der Waals surface area contributed by atoms with E-state index in [2.05, 4.69) is 5.10 Å². The molecule has 2 aromatic heterocycles. The maximum Gasteiger partial charge on any atom is 0.342 e. The average Bonchev–Trinajstić information content (AvgIpc) is 2.87. The molecular formula is C16H13ClN2O2. The summed E-state index contributed by atoms with van der Waals surface area (Å²) in [4.78, 5) is 12.3. The second-order valence-electron chi connectivity index (χ2n) is 4.48. The zero-order chi connectivity index (χ0) is 14.8. The van der Waals surface area contributed by atoms with Crippen molar-refractivity contribution in [3.63, 3.8) is 0 Å². The molecule has 0 bridgehead atoms. The number of carbonyl (C=O) groups is 1. The molecule has 0 N–H and O–H groups in total. The number of pyridine rings is 1. The van der Waals surface area contributed by atoms with Gasteiger partial charge in [0.1, 0.15) is 11.3 Å². The molecule has 0 spiro atoms. The van der Waals surface area contributed by atoms with E-state index in [1.54, 1.807) is 29.8 Å². The Kier molecular flexibility index (Phi) is 3.62.